The first-order valence-electron chi connectivity index (χ1n) is 6.59. The first-order valence-corrected chi connectivity index (χ1v) is 7.38. The van der Waals surface area contributed by atoms with Crippen molar-refractivity contribution in [3.8, 4) is 11.5 Å². The van der Waals surface area contributed by atoms with Crippen LogP contribution in [0.3, 0.4) is 0 Å². The van der Waals surface area contributed by atoms with Gasteiger partial charge in [-0.1, -0.05) is 44.8 Å². The van der Waals surface area contributed by atoms with Crippen LogP contribution in [0.4, 0.5) is 6.01 Å². The quantitative estimate of drug-likeness (QED) is 0.767. The topological polar surface area (TPSA) is 68.0 Å². The van der Waals surface area contributed by atoms with E-state index in [4.69, 9.17) is 4.42 Å². The number of hydrogen-bond acceptors (Lipinski definition) is 4. The van der Waals surface area contributed by atoms with E-state index >= 15 is 0 Å². The molecule has 5 nitrogen and oxygen atoms in total. The highest BCUT2D eigenvalue weighted by Crippen LogP contribution is 2.20. The predicted octanol–water partition coefficient (Wildman–Crippen LogP) is 4.06. The van der Waals surface area contributed by atoms with Gasteiger partial charge >= 0.3 is 6.01 Å². The second-order valence-electron chi connectivity index (χ2n) is 4.74. The van der Waals surface area contributed by atoms with Crippen molar-refractivity contribution in [2.24, 2.45) is 0 Å². The lowest BCUT2D eigenvalue weighted by Gasteiger charge is -2.00. The minimum atomic E-state index is -0.305. The number of halogens is 1. The Morgan fingerprint density at radius 1 is 1.14 bits per heavy atom. The number of benzene rings is 2. The number of amides is 1. The third kappa shape index (κ3) is 3.23. The van der Waals surface area contributed by atoms with Gasteiger partial charge in [-0.2, -0.15) is 0 Å². The average Bonchev–Trinajstić information content (AvgIpc) is 2.96. The minimum absolute atomic E-state index is 0.0700. The van der Waals surface area contributed by atoms with E-state index in [9.17, 15) is 4.79 Å². The molecule has 2 aromatic carbocycles. The molecule has 0 fully saturated rings. The fourth-order valence-corrected chi connectivity index (χ4v) is 2.28. The Bertz CT molecular complexity index is 812. The molecule has 1 N–H and O–H groups in total. The van der Waals surface area contributed by atoms with Gasteiger partial charge in [0.2, 0.25) is 5.89 Å². The van der Waals surface area contributed by atoms with Gasteiger partial charge in [-0.15, -0.1) is 5.10 Å². The Morgan fingerprint density at radius 3 is 2.64 bits per heavy atom. The molecule has 1 heterocycles. The molecule has 0 spiro atoms. The maximum absolute atomic E-state index is 12.1. The van der Waals surface area contributed by atoms with Gasteiger partial charge in [-0.05, 0) is 37.3 Å². The molecule has 22 heavy (non-hydrogen) atoms. The molecule has 0 bridgehead atoms. The molecule has 0 aliphatic heterocycles. The van der Waals surface area contributed by atoms with Gasteiger partial charge in [0.05, 0.1) is 0 Å². The van der Waals surface area contributed by atoms with Crippen molar-refractivity contribution in [2.75, 3.05) is 5.32 Å². The highest BCUT2D eigenvalue weighted by Gasteiger charge is 2.12. The van der Waals surface area contributed by atoms with Crippen LogP contribution in [0.15, 0.2) is 57.4 Å². The number of aromatic nitrogens is 2. The fourth-order valence-electron chi connectivity index (χ4n) is 1.89. The summed E-state index contributed by atoms with van der Waals surface area (Å²) in [5.74, 6) is 0.0601. The lowest BCUT2D eigenvalue weighted by atomic mass is 10.1. The molecule has 110 valence electrons. The number of hydrogen-bond donors (Lipinski definition) is 1. The maximum Gasteiger partial charge on any atom is 0.322 e. The second kappa shape index (κ2) is 6.11. The molecule has 1 aromatic heterocycles. The van der Waals surface area contributed by atoms with Crippen molar-refractivity contribution in [2.45, 2.75) is 6.92 Å². The largest absolute Gasteiger partial charge is 0.403 e. The molecule has 0 atom stereocenters. The Kier molecular flexibility index (Phi) is 4.02. The van der Waals surface area contributed by atoms with Crippen molar-refractivity contribution in [1.82, 2.24) is 10.2 Å². The Balaban J connectivity index is 1.77. The first kappa shape index (κ1) is 14.5. The number of aryl methyl sites for hydroxylation is 1. The zero-order chi connectivity index (χ0) is 15.5. The van der Waals surface area contributed by atoms with Crippen LogP contribution in [0.5, 0.6) is 0 Å². The first-order chi connectivity index (χ1) is 10.6. The normalized spacial score (nSPS) is 10.5. The summed E-state index contributed by atoms with van der Waals surface area (Å²) in [7, 11) is 0. The molecule has 3 aromatic rings. The van der Waals surface area contributed by atoms with Crippen LogP contribution in [-0.4, -0.2) is 16.1 Å². The van der Waals surface area contributed by atoms with Crippen molar-refractivity contribution in [3.63, 3.8) is 0 Å². The van der Waals surface area contributed by atoms with E-state index in [-0.39, 0.29) is 11.9 Å². The van der Waals surface area contributed by atoms with Gasteiger partial charge in [-0.25, -0.2) is 0 Å². The molecule has 3 rings (SSSR count). The summed E-state index contributed by atoms with van der Waals surface area (Å²) in [5.41, 5.74) is 2.46. The van der Waals surface area contributed by atoms with E-state index < -0.39 is 0 Å². The molecule has 1 amide bonds. The zero-order valence-electron chi connectivity index (χ0n) is 11.7. The van der Waals surface area contributed by atoms with Crippen LogP contribution in [0.1, 0.15) is 15.9 Å². The van der Waals surface area contributed by atoms with Gasteiger partial charge in [0.1, 0.15) is 0 Å². The van der Waals surface area contributed by atoms with Gasteiger partial charge < -0.3 is 4.42 Å². The highest BCUT2D eigenvalue weighted by molar-refractivity contribution is 9.10. The standard InChI is InChI=1S/C16H12BrN3O2/c1-10-5-7-11(8-6-10)15-19-20-16(22-15)18-14(21)12-3-2-4-13(17)9-12/h2-9H,1H3,(H,18,20,21). The number of carbonyl (C=O) groups is 1. The van der Waals surface area contributed by atoms with Crippen molar-refractivity contribution >= 4 is 27.9 Å². The number of anilines is 1. The molecule has 0 aliphatic rings. The van der Waals surface area contributed by atoms with Crippen molar-refractivity contribution < 1.29 is 9.21 Å². The van der Waals surface area contributed by atoms with Gasteiger partial charge in [0.25, 0.3) is 5.91 Å². The summed E-state index contributed by atoms with van der Waals surface area (Å²) in [6.45, 7) is 2.00. The van der Waals surface area contributed by atoms with Crippen LogP contribution < -0.4 is 5.32 Å². The Morgan fingerprint density at radius 2 is 1.91 bits per heavy atom. The summed E-state index contributed by atoms with van der Waals surface area (Å²) in [4.78, 5) is 12.1. The Labute approximate surface area is 135 Å². The third-order valence-electron chi connectivity index (χ3n) is 3.03. The number of nitrogens with one attached hydrogen (secondary N) is 1. The van der Waals surface area contributed by atoms with Crippen molar-refractivity contribution in [3.05, 3.63) is 64.1 Å². The summed E-state index contributed by atoms with van der Waals surface area (Å²) in [5, 5.41) is 10.4. The van der Waals surface area contributed by atoms with Gasteiger partial charge in [0.15, 0.2) is 0 Å². The third-order valence-corrected chi connectivity index (χ3v) is 3.52. The molecule has 0 radical (unpaired) electrons. The van der Waals surface area contributed by atoms with Crippen LogP contribution in [0, 0.1) is 6.92 Å². The number of rotatable bonds is 3. The highest BCUT2D eigenvalue weighted by atomic mass is 79.9. The van der Waals surface area contributed by atoms with Crippen LogP contribution >= 0.6 is 15.9 Å². The molecule has 0 unspecified atom stereocenters. The van der Waals surface area contributed by atoms with E-state index in [1.165, 1.54) is 0 Å². The van der Waals surface area contributed by atoms with Crippen molar-refractivity contribution in [1.29, 1.82) is 0 Å². The summed E-state index contributed by atoms with van der Waals surface area (Å²) in [6.07, 6.45) is 0. The second-order valence-corrected chi connectivity index (χ2v) is 5.66. The molecule has 0 aliphatic carbocycles. The smallest absolute Gasteiger partial charge is 0.322 e. The summed E-state index contributed by atoms with van der Waals surface area (Å²) >= 11 is 3.32. The number of nitrogens with zero attached hydrogens (tertiary/aromatic N) is 2. The fraction of sp³-hybridized carbons (Fsp3) is 0.0625. The lowest BCUT2D eigenvalue weighted by molar-refractivity contribution is 0.102. The molecule has 0 saturated heterocycles. The summed E-state index contributed by atoms with van der Waals surface area (Å²) in [6, 6.07) is 14.8. The monoisotopic (exact) mass is 357 g/mol. The summed E-state index contributed by atoms with van der Waals surface area (Å²) < 4.78 is 6.29. The molecule has 0 saturated carbocycles. The van der Waals surface area contributed by atoms with Crippen LogP contribution in [0.2, 0.25) is 0 Å². The van der Waals surface area contributed by atoms with E-state index in [2.05, 4.69) is 31.4 Å². The Hall–Kier alpha value is -2.47. The van der Waals surface area contributed by atoms with E-state index in [0.29, 0.717) is 11.5 Å². The predicted molar refractivity (Wildman–Crippen MR) is 86.6 cm³/mol. The van der Waals surface area contributed by atoms with Gasteiger partial charge in [0, 0.05) is 15.6 Å². The lowest BCUT2D eigenvalue weighted by Crippen LogP contribution is -2.11. The average molecular weight is 358 g/mol. The SMILES string of the molecule is Cc1ccc(-c2nnc(NC(=O)c3cccc(Br)c3)o2)cc1. The number of carbonyl (C=O) groups excluding carboxylic acids is 1. The maximum atomic E-state index is 12.1. The minimum Gasteiger partial charge on any atom is -0.403 e. The zero-order valence-corrected chi connectivity index (χ0v) is 13.3. The van der Waals surface area contributed by atoms with Gasteiger partial charge in [-0.3, -0.25) is 10.1 Å². The molecule has 6 heteroatoms. The molecular formula is C16H12BrN3O2. The van der Waals surface area contributed by atoms with Crippen LogP contribution in [-0.2, 0) is 0 Å². The van der Waals surface area contributed by atoms with E-state index in [1.807, 2.05) is 37.3 Å². The van der Waals surface area contributed by atoms with Crippen LogP contribution in [0.25, 0.3) is 11.5 Å². The molecular weight excluding hydrogens is 346 g/mol. The van der Waals surface area contributed by atoms with E-state index in [0.717, 1.165) is 15.6 Å². The van der Waals surface area contributed by atoms with E-state index in [1.54, 1.807) is 18.2 Å².